The Bertz CT molecular complexity index is 718. The number of ether oxygens (including phenoxy) is 2. The summed E-state index contributed by atoms with van der Waals surface area (Å²) in [5.41, 5.74) is 1.36. The summed E-state index contributed by atoms with van der Waals surface area (Å²) >= 11 is 0. The smallest absolute Gasteiger partial charge is 0.331 e. The second-order valence-electron chi connectivity index (χ2n) is 5.53. The molecular weight excluding hydrogens is 336 g/mol. The lowest BCUT2D eigenvalue weighted by molar-refractivity contribution is -0.146. The topological polar surface area (TPSA) is 96.9 Å². The van der Waals surface area contributed by atoms with Gasteiger partial charge in [0, 0.05) is 6.54 Å². The normalized spacial score (nSPS) is 12.6. The van der Waals surface area contributed by atoms with E-state index in [-0.39, 0.29) is 0 Å². The molecule has 2 aromatic rings. The van der Waals surface area contributed by atoms with Crippen LogP contribution < -0.4 is 15.4 Å². The number of rotatable bonds is 7. The van der Waals surface area contributed by atoms with E-state index in [0.29, 0.717) is 17.9 Å². The number of aliphatic hydroxyl groups is 1. The van der Waals surface area contributed by atoms with Crippen molar-refractivity contribution in [1.82, 2.24) is 10.6 Å². The summed E-state index contributed by atoms with van der Waals surface area (Å²) in [6.07, 6.45) is -1.27. The first kappa shape index (κ1) is 19.3. The molecule has 0 saturated heterocycles. The first-order chi connectivity index (χ1) is 12.5. The number of esters is 1. The van der Waals surface area contributed by atoms with Crippen LogP contribution in [0.1, 0.15) is 17.2 Å². The quantitative estimate of drug-likeness (QED) is 0.656. The fraction of sp³-hybridized carbons (Fsp3) is 0.263. The predicted molar refractivity (Wildman–Crippen MR) is 95.6 cm³/mol. The molecule has 2 unspecified atom stereocenters. The number of carbonyl (C=O) groups is 2. The van der Waals surface area contributed by atoms with E-state index in [0.717, 1.165) is 5.56 Å². The van der Waals surface area contributed by atoms with E-state index >= 15 is 0 Å². The predicted octanol–water partition coefficient (Wildman–Crippen LogP) is 1.77. The average molecular weight is 358 g/mol. The molecule has 2 atom stereocenters. The highest BCUT2D eigenvalue weighted by Crippen LogP contribution is 2.21. The number of benzene rings is 2. The highest BCUT2D eigenvalue weighted by molar-refractivity contribution is 5.84. The van der Waals surface area contributed by atoms with E-state index in [2.05, 4.69) is 10.6 Å². The molecule has 7 nitrogen and oxygen atoms in total. The van der Waals surface area contributed by atoms with E-state index in [4.69, 9.17) is 9.47 Å². The lowest BCUT2D eigenvalue weighted by Gasteiger charge is -2.22. The van der Waals surface area contributed by atoms with Gasteiger partial charge in [-0.1, -0.05) is 42.5 Å². The number of hydrogen-bond donors (Lipinski definition) is 3. The minimum atomic E-state index is -1.27. The second kappa shape index (κ2) is 9.43. The molecule has 0 fully saturated rings. The molecule has 0 spiro atoms. The zero-order chi connectivity index (χ0) is 18.9. The fourth-order valence-corrected chi connectivity index (χ4v) is 2.36. The first-order valence-corrected chi connectivity index (χ1v) is 8.03. The average Bonchev–Trinajstić information content (AvgIpc) is 2.70. The van der Waals surface area contributed by atoms with Crippen molar-refractivity contribution in [3.63, 3.8) is 0 Å². The molecule has 2 amide bonds. The Kier molecular flexibility index (Phi) is 6.99. The molecule has 0 heterocycles. The molecular formula is C19H22N2O5. The molecule has 0 aromatic heterocycles. The van der Waals surface area contributed by atoms with Crippen LogP contribution in [0.25, 0.3) is 0 Å². The lowest BCUT2D eigenvalue weighted by Crippen LogP contribution is -2.49. The third kappa shape index (κ3) is 5.22. The Hall–Kier alpha value is -3.06. The maximum Gasteiger partial charge on any atom is 0.331 e. The summed E-state index contributed by atoms with van der Waals surface area (Å²) < 4.78 is 9.76. The van der Waals surface area contributed by atoms with Gasteiger partial charge >= 0.3 is 12.0 Å². The molecule has 2 aromatic carbocycles. The summed E-state index contributed by atoms with van der Waals surface area (Å²) in [4.78, 5) is 24.1. The fourth-order valence-electron chi connectivity index (χ4n) is 2.36. The first-order valence-electron chi connectivity index (χ1n) is 8.03. The van der Waals surface area contributed by atoms with Crippen molar-refractivity contribution in [3.8, 4) is 5.75 Å². The van der Waals surface area contributed by atoms with Gasteiger partial charge in [-0.25, -0.2) is 9.59 Å². The van der Waals surface area contributed by atoms with Crippen LogP contribution in [0.15, 0.2) is 54.6 Å². The van der Waals surface area contributed by atoms with Gasteiger partial charge in [-0.15, -0.1) is 0 Å². The molecule has 2 rings (SSSR count). The largest absolute Gasteiger partial charge is 0.497 e. The highest BCUT2D eigenvalue weighted by Gasteiger charge is 2.30. The summed E-state index contributed by atoms with van der Waals surface area (Å²) in [6, 6.07) is 14.0. The van der Waals surface area contributed by atoms with Crippen LogP contribution >= 0.6 is 0 Å². The Labute approximate surface area is 151 Å². The van der Waals surface area contributed by atoms with Crippen LogP contribution in [0.2, 0.25) is 0 Å². The van der Waals surface area contributed by atoms with Gasteiger partial charge in [-0.2, -0.15) is 0 Å². The maximum absolute atomic E-state index is 12.1. The van der Waals surface area contributed by atoms with Crippen LogP contribution in [0.5, 0.6) is 5.75 Å². The summed E-state index contributed by atoms with van der Waals surface area (Å²) in [7, 11) is 2.72. The molecule has 0 aliphatic rings. The van der Waals surface area contributed by atoms with E-state index in [1.807, 2.05) is 30.3 Å². The lowest BCUT2D eigenvalue weighted by atomic mass is 10.0. The van der Waals surface area contributed by atoms with E-state index in [1.54, 1.807) is 24.3 Å². The molecule has 0 radical (unpaired) electrons. The Balaban J connectivity index is 2.03. The minimum Gasteiger partial charge on any atom is -0.497 e. The molecule has 3 N–H and O–H groups in total. The Morgan fingerprint density at radius 1 is 1.04 bits per heavy atom. The van der Waals surface area contributed by atoms with Crippen LogP contribution in [-0.4, -0.2) is 37.4 Å². The van der Waals surface area contributed by atoms with E-state index < -0.39 is 24.1 Å². The van der Waals surface area contributed by atoms with Crippen LogP contribution in [-0.2, 0) is 16.1 Å². The Morgan fingerprint density at radius 2 is 1.69 bits per heavy atom. The van der Waals surface area contributed by atoms with Gasteiger partial charge in [-0.3, -0.25) is 0 Å². The van der Waals surface area contributed by atoms with Gasteiger partial charge in [-0.05, 0) is 23.3 Å². The third-order valence-electron chi connectivity index (χ3n) is 3.81. The number of methoxy groups -OCH3 is 2. The van der Waals surface area contributed by atoms with E-state index in [1.165, 1.54) is 14.2 Å². The van der Waals surface area contributed by atoms with Gasteiger partial charge in [0.1, 0.15) is 11.9 Å². The second-order valence-corrected chi connectivity index (χ2v) is 5.53. The van der Waals surface area contributed by atoms with Crippen molar-refractivity contribution in [2.45, 2.75) is 18.7 Å². The zero-order valence-corrected chi connectivity index (χ0v) is 14.6. The van der Waals surface area contributed by atoms with Gasteiger partial charge in [0.2, 0.25) is 0 Å². The van der Waals surface area contributed by atoms with Gasteiger partial charge < -0.3 is 25.2 Å². The molecule has 0 aliphatic heterocycles. The summed E-state index contributed by atoms with van der Waals surface area (Å²) in [5, 5.41) is 15.6. The van der Waals surface area contributed by atoms with Crippen LogP contribution in [0, 0.1) is 0 Å². The van der Waals surface area contributed by atoms with Crippen molar-refractivity contribution in [2.75, 3.05) is 14.2 Å². The van der Waals surface area contributed by atoms with Gasteiger partial charge in [0.25, 0.3) is 0 Å². The number of urea groups is 1. The van der Waals surface area contributed by atoms with Crippen molar-refractivity contribution < 1.29 is 24.2 Å². The standard InChI is InChI=1S/C19H22N2O5/c1-25-15-10-8-14(9-11-15)17(22)16(18(23)26-2)21-19(24)20-12-13-6-4-3-5-7-13/h3-11,16-17,22H,12H2,1-2H3,(H2,20,21,24). The zero-order valence-electron chi connectivity index (χ0n) is 14.6. The third-order valence-corrected chi connectivity index (χ3v) is 3.81. The molecule has 7 heteroatoms. The molecule has 138 valence electrons. The van der Waals surface area contributed by atoms with Crippen molar-refractivity contribution in [3.05, 3.63) is 65.7 Å². The molecule has 0 bridgehead atoms. The van der Waals surface area contributed by atoms with Crippen molar-refractivity contribution in [1.29, 1.82) is 0 Å². The molecule has 0 aliphatic carbocycles. The van der Waals surface area contributed by atoms with Gasteiger partial charge in [0.05, 0.1) is 14.2 Å². The minimum absolute atomic E-state index is 0.291. The van der Waals surface area contributed by atoms with Crippen LogP contribution in [0.4, 0.5) is 4.79 Å². The number of carbonyl (C=O) groups excluding carboxylic acids is 2. The Morgan fingerprint density at radius 3 is 2.27 bits per heavy atom. The summed E-state index contributed by atoms with van der Waals surface area (Å²) in [5.74, 6) is -0.132. The monoisotopic (exact) mass is 358 g/mol. The van der Waals surface area contributed by atoms with Crippen molar-refractivity contribution in [2.24, 2.45) is 0 Å². The number of aliphatic hydroxyl groups excluding tert-OH is 1. The maximum atomic E-state index is 12.1. The molecule has 0 saturated carbocycles. The SMILES string of the molecule is COC(=O)C(NC(=O)NCc1ccccc1)C(O)c1ccc(OC)cc1. The van der Waals surface area contributed by atoms with Gasteiger partial charge in [0.15, 0.2) is 6.04 Å². The number of nitrogens with one attached hydrogen (secondary N) is 2. The summed E-state index contributed by atoms with van der Waals surface area (Å²) in [6.45, 7) is 0.291. The number of amides is 2. The van der Waals surface area contributed by atoms with Crippen molar-refractivity contribution >= 4 is 12.0 Å². The van der Waals surface area contributed by atoms with Crippen LogP contribution in [0.3, 0.4) is 0 Å². The van der Waals surface area contributed by atoms with E-state index in [9.17, 15) is 14.7 Å². The molecule has 26 heavy (non-hydrogen) atoms. The highest BCUT2D eigenvalue weighted by atomic mass is 16.5. The number of hydrogen-bond acceptors (Lipinski definition) is 5.